The van der Waals surface area contributed by atoms with E-state index < -0.39 is 0 Å². The summed E-state index contributed by atoms with van der Waals surface area (Å²) >= 11 is 3.25. The van der Waals surface area contributed by atoms with Crippen LogP contribution in [0.15, 0.2) is 0 Å². The number of hydrogen-bond donors (Lipinski definition) is 0. The molecular weight excluding hydrogens is 202 g/mol. The zero-order valence-electron chi connectivity index (χ0n) is 4.08. The van der Waals surface area contributed by atoms with E-state index in [1.54, 1.807) is 0 Å². The fourth-order valence-corrected chi connectivity index (χ4v) is 2.17. The Morgan fingerprint density at radius 3 is 2.67 bits per heavy atom. The van der Waals surface area contributed by atoms with E-state index >= 15 is 0 Å². The van der Waals surface area contributed by atoms with Crippen molar-refractivity contribution in [3.63, 3.8) is 0 Å². The summed E-state index contributed by atoms with van der Waals surface area (Å²) in [6.07, 6.45) is 2.81. The molecule has 0 nitrogen and oxygen atoms in total. The maximum Gasteiger partial charge on any atom is 0.311 e. The molecule has 0 aliphatic rings. The zero-order chi connectivity index (χ0) is 4.83. The predicted molar refractivity (Wildman–Crippen MR) is 41.6 cm³/mol. The van der Waals surface area contributed by atoms with Gasteiger partial charge >= 0.3 is 11.9 Å². The topological polar surface area (TPSA) is 0 Å². The molecule has 37 valence electrons. The first kappa shape index (κ1) is 7.26. The average Bonchev–Trinajstić information content (AvgIpc) is 1.61. The van der Waals surface area contributed by atoms with E-state index in [9.17, 15) is 0 Å². The summed E-state index contributed by atoms with van der Waals surface area (Å²) in [5.74, 6) is 0. The summed E-state index contributed by atoms with van der Waals surface area (Å²) < 4.78 is 0. The highest BCUT2D eigenvalue weighted by Gasteiger charge is 1.81. The first-order valence-electron chi connectivity index (χ1n) is 2.33. The first-order valence-corrected chi connectivity index (χ1v) is 7.32. The Morgan fingerprint density at radius 2 is 2.50 bits per heavy atom. The number of halogens is 1. The molecule has 1 radical (unpaired) electrons. The van der Waals surface area contributed by atoms with Gasteiger partial charge in [-0.05, 0) is 0 Å². The highest BCUT2D eigenvalue weighted by Crippen LogP contribution is 1.95. The smallest absolute Gasteiger partial charge is 0.225 e. The maximum absolute atomic E-state index is 2.49. The summed E-state index contributed by atoms with van der Waals surface area (Å²) in [7, 11) is 0. The largest absolute Gasteiger partial charge is 0.311 e. The molecule has 0 aromatic carbocycles. The molecule has 0 N–H and O–H groups in total. The van der Waals surface area contributed by atoms with Crippen molar-refractivity contribution in [1.82, 2.24) is 0 Å². The van der Waals surface area contributed by atoms with Gasteiger partial charge < -0.3 is 0 Å². The van der Waals surface area contributed by atoms with Gasteiger partial charge in [-0.15, -0.1) is 0 Å². The van der Waals surface area contributed by atoms with Crippen molar-refractivity contribution >= 4 is 32.2 Å². The molecule has 0 amide bonds. The second-order valence-electron chi connectivity index (χ2n) is 1.30. The van der Waals surface area contributed by atoms with Crippen LogP contribution in [0.2, 0.25) is 5.28 Å². The lowest BCUT2D eigenvalue weighted by molar-refractivity contribution is 0.883. The Hall–Kier alpha value is 1.26. The third-order valence-corrected chi connectivity index (χ3v) is 3.16. The van der Waals surface area contributed by atoms with Crippen molar-refractivity contribution in [2.75, 3.05) is 0 Å². The highest BCUT2D eigenvalue weighted by molar-refractivity contribution is 14.1. The summed E-state index contributed by atoms with van der Waals surface area (Å²) in [6, 6.07) is 0. The second kappa shape index (κ2) is 6.26. The van der Waals surface area contributed by atoms with E-state index in [0.717, 1.165) is 11.9 Å². The summed E-state index contributed by atoms with van der Waals surface area (Å²) in [5, 5.41) is 1.48. The van der Waals surface area contributed by atoms with E-state index in [-0.39, 0.29) is 1.43 Å². The molecule has 0 aromatic heterocycles. The summed E-state index contributed by atoms with van der Waals surface area (Å²) in [4.78, 5) is 0. The lowest BCUT2D eigenvalue weighted by Gasteiger charge is -1.83. The monoisotopic (exact) mass is 213 g/mol. The summed E-state index contributed by atoms with van der Waals surface area (Å²) in [6.45, 7) is 2.24. The molecule has 0 unspecified atom stereocenters. The Morgan fingerprint density at radius 1 is 1.83 bits per heavy atom. The molecule has 6 heavy (non-hydrogen) atoms. The molecule has 0 aliphatic heterocycles. The van der Waals surface area contributed by atoms with Crippen LogP contribution in [0, 0.1) is 0 Å². The standard InChI is InChI=1S/C4H9.Al.HI.H2/c1-3-4-2;;;/h1,3-4H2,2H3;;2*1H/q;+1;;/p-1. The molecule has 0 atom stereocenters. The first-order chi connectivity index (χ1) is 2.91. The minimum absolute atomic E-state index is 0. The Labute approximate surface area is 58.6 Å². The molecule has 0 saturated heterocycles. The van der Waals surface area contributed by atoms with Crippen LogP contribution in [-0.4, -0.2) is 11.9 Å². The van der Waals surface area contributed by atoms with Gasteiger partial charge in [0.05, 0.1) is 0 Å². The highest BCUT2D eigenvalue weighted by atomic mass is 127. The van der Waals surface area contributed by atoms with E-state index in [0.29, 0.717) is 0 Å². The van der Waals surface area contributed by atoms with Crippen LogP contribution in [0.3, 0.4) is 0 Å². The van der Waals surface area contributed by atoms with Crippen LogP contribution in [0.4, 0.5) is 0 Å². The molecule has 0 saturated carbocycles. The van der Waals surface area contributed by atoms with Gasteiger partial charge in [-0.1, -0.05) is 25.0 Å². The van der Waals surface area contributed by atoms with Crippen LogP contribution in [0.1, 0.15) is 21.2 Å². The van der Waals surface area contributed by atoms with Gasteiger partial charge in [0.1, 0.15) is 0 Å². The van der Waals surface area contributed by atoms with Gasteiger partial charge in [-0.3, -0.25) is 0 Å². The Kier molecular flexibility index (Phi) is 7.58. The lowest BCUT2D eigenvalue weighted by atomic mass is 10.4. The predicted octanol–water partition coefficient (Wildman–Crippen LogP) is 2.51. The van der Waals surface area contributed by atoms with Crippen LogP contribution in [0.25, 0.3) is 0 Å². The minimum atomic E-state index is 0. The minimum Gasteiger partial charge on any atom is -0.225 e. The maximum atomic E-state index is 2.49. The number of unbranched alkanes of at least 4 members (excludes halogenated alkanes) is 1. The second-order valence-corrected chi connectivity index (χ2v) is 4.82. The molecule has 0 heterocycles. The SMILES string of the molecule is CCC[CH2][Al][I].[HH]. The van der Waals surface area contributed by atoms with Gasteiger partial charge in [-0.25, -0.2) is 20.3 Å². The zero-order valence-corrected chi connectivity index (χ0v) is 7.39. The van der Waals surface area contributed by atoms with Crippen molar-refractivity contribution in [2.45, 2.75) is 25.0 Å². The number of hydrogen-bond acceptors (Lipinski definition) is 0. The van der Waals surface area contributed by atoms with Gasteiger partial charge in [0, 0.05) is 1.43 Å². The van der Waals surface area contributed by atoms with Crippen LogP contribution in [0.5, 0.6) is 0 Å². The van der Waals surface area contributed by atoms with Crippen molar-refractivity contribution in [3.05, 3.63) is 0 Å². The third-order valence-electron chi connectivity index (χ3n) is 0.667. The van der Waals surface area contributed by atoms with E-state index in [4.69, 9.17) is 0 Å². The lowest BCUT2D eigenvalue weighted by Crippen LogP contribution is -1.72. The molecule has 0 aliphatic carbocycles. The van der Waals surface area contributed by atoms with Crippen LogP contribution in [-0.2, 0) is 0 Å². The Balaban J connectivity index is 0. The third kappa shape index (κ3) is 5.26. The van der Waals surface area contributed by atoms with Crippen molar-refractivity contribution < 1.29 is 1.43 Å². The molecule has 0 bridgehead atoms. The van der Waals surface area contributed by atoms with Crippen molar-refractivity contribution in [3.8, 4) is 0 Å². The fraction of sp³-hybridized carbons (Fsp3) is 1.00. The molecule has 0 fully saturated rings. The van der Waals surface area contributed by atoms with Gasteiger partial charge in [0.25, 0.3) is 0 Å². The number of rotatable bonds is 3. The normalized spacial score (nSPS) is 8.33. The Bertz CT molecular complexity index is 23.7. The molecule has 0 spiro atoms. The molecule has 0 aromatic rings. The van der Waals surface area contributed by atoms with Crippen molar-refractivity contribution in [2.24, 2.45) is 0 Å². The molecular formula is C4H11AlI. The quantitative estimate of drug-likeness (QED) is 0.383. The fourth-order valence-electron chi connectivity index (χ4n) is 0.281. The van der Waals surface area contributed by atoms with E-state index in [1.807, 2.05) is 0 Å². The van der Waals surface area contributed by atoms with Crippen molar-refractivity contribution in [1.29, 1.82) is 0 Å². The van der Waals surface area contributed by atoms with Gasteiger partial charge in [0.2, 0.25) is 0 Å². The van der Waals surface area contributed by atoms with Gasteiger partial charge in [-0.2, -0.15) is 0 Å². The molecule has 2 heteroatoms. The van der Waals surface area contributed by atoms with Crippen LogP contribution >= 0.6 is 20.3 Å². The van der Waals surface area contributed by atoms with E-state index in [1.165, 1.54) is 18.1 Å². The molecule has 0 rings (SSSR count). The summed E-state index contributed by atoms with van der Waals surface area (Å²) in [5.41, 5.74) is 0. The van der Waals surface area contributed by atoms with Gasteiger partial charge in [0.15, 0.2) is 0 Å². The van der Waals surface area contributed by atoms with Crippen LogP contribution < -0.4 is 0 Å². The average molecular weight is 213 g/mol. The van der Waals surface area contributed by atoms with E-state index in [2.05, 4.69) is 27.2 Å².